The van der Waals surface area contributed by atoms with Gasteiger partial charge < -0.3 is 14.6 Å². The Morgan fingerprint density at radius 1 is 1.20 bits per heavy atom. The summed E-state index contributed by atoms with van der Waals surface area (Å²) in [5.41, 5.74) is 2.01. The van der Waals surface area contributed by atoms with Crippen LogP contribution < -0.4 is 10.1 Å². The predicted octanol–water partition coefficient (Wildman–Crippen LogP) is 3.39. The maximum Gasteiger partial charge on any atom is 0.258 e. The van der Waals surface area contributed by atoms with Crippen LogP contribution in [0.25, 0.3) is 11.4 Å². The smallest absolute Gasteiger partial charge is 0.258 e. The van der Waals surface area contributed by atoms with Crippen molar-refractivity contribution < 1.29 is 14.1 Å². The topological polar surface area (TPSA) is 77.2 Å². The summed E-state index contributed by atoms with van der Waals surface area (Å²) in [5, 5.41) is 7.03. The van der Waals surface area contributed by atoms with Crippen LogP contribution in [0.1, 0.15) is 11.5 Å². The van der Waals surface area contributed by atoms with E-state index in [-0.39, 0.29) is 19.1 Å². The van der Waals surface area contributed by atoms with Gasteiger partial charge in [0.25, 0.3) is 5.91 Å². The van der Waals surface area contributed by atoms with Gasteiger partial charge in [-0.3, -0.25) is 4.79 Å². The average molecular weight is 358 g/mol. The van der Waals surface area contributed by atoms with Crippen molar-refractivity contribution in [3.8, 4) is 17.1 Å². The number of para-hydroxylation sites is 1. The average Bonchev–Trinajstić information content (AvgIpc) is 3.09. The number of rotatable bonds is 6. The molecule has 1 amide bonds. The molecule has 1 N–H and O–H groups in total. The molecule has 0 aliphatic heterocycles. The Morgan fingerprint density at radius 2 is 1.96 bits per heavy atom. The maximum atomic E-state index is 11.8. The van der Waals surface area contributed by atoms with Gasteiger partial charge in [0, 0.05) is 5.56 Å². The minimum Gasteiger partial charge on any atom is -0.482 e. The number of nitrogens with zero attached hydrogens (tertiary/aromatic N) is 2. The third kappa shape index (κ3) is 4.58. The van der Waals surface area contributed by atoms with Crippen molar-refractivity contribution in [1.82, 2.24) is 15.5 Å². The van der Waals surface area contributed by atoms with E-state index in [9.17, 15) is 4.79 Å². The molecule has 0 aliphatic carbocycles. The fraction of sp³-hybridized carbons (Fsp3) is 0.167. The molecule has 0 unspecified atom stereocenters. The van der Waals surface area contributed by atoms with Crippen molar-refractivity contribution >= 4 is 17.5 Å². The molecule has 3 aromatic rings. The van der Waals surface area contributed by atoms with Crippen molar-refractivity contribution in [3.05, 3.63) is 65.0 Å². The van der Waals surface area contributed by atoms with Gasteiger partial charge in [0.05, 0.1) is 11.6 Å². The summed E-state index contributed by atoms with van der Waals surface area (Å²) in [4.78, 5) is 16.1. The molecule has 0 saturated carbocycles. The molecule has 1 aromatic heterocycles. The molecule has 0 bridgehead atoms. The van der Waals surface area contributed by atoms with Crippen molar-refractivity contribution in [2.24, 2.45) is 0 Å². The van der Waals surface area contributed by atoms with Gasteiger partial charge in [-0.2, -0.15) is 4.98 Å². The number of hydrogen-bond donors (Lipinski definition) is 1. The maximum absolute atomic E-state index is 11.8. The molecule has 25 heavy (non-hydrogen) atoms. The summed E-state index contributed by atoms with van der Waals surface area (Å²) < 4.78 is 10.5. The molecular weight excluding hydrogens is 342 g/mol. The number of ether oxygens (including phenoxy) is 1. The molecule has 128 valence electrons. The van der Waals surface area contributed by atoms with Crippen molar-refractivity contribution in [2.75, 3.05) is 6.61 Å². The van der Waals surface area contributed by atoms with Crippen LogP contribution in [0.15, 0.2) is 53.1 Å². The molecule has 0 fully saturated rings. The number of carbonyl (C=O) groups excluding carboxylic acids is 1. The third-order valence-electron chi connectivity index (χ3n) is 3.41. The predicted molar refractivity (Wildman–Crippen MR) is 93.3 cm³/mol. The zero-order valence-electron chi connectivity index (χ0n) is 13.5. The Bertz CT molecular complexity index is 862. The summed E-state index contributed by atoms with van der Waals surface area (Å²) in [6, 6.07) is 14.7. The van der Waals surface area contributed by atoms with E-state index in [1.807, 2.05) is 31.2 Å². The molecule has 1 heterocycles. The Hall–Kier alpha value is -2.86. The van der Waals surface area contributed by atoms with Gasteiger partial charge in [-0.25, -0.2) is 0 Å². The number of aryl methyl sites for hydroxylation is 1. The Balaban J connectivity index is 1.51. The summed E-state index contributed by atoms with van der Waals surface area (Å²) in [7, 11) is 0. The first kappa shape index (κ1) is 17.0. The highest BCUT2D eigenvalue weighted by molar-refractivity contribution is 6.32. The van der Waals surface area contributed by atoms with Crippen LogP contribution in [-0.4, -0.2) is 22.7 Å². The lowest BCUT2D eigenvalue weighted by molar-refractivity contribution is -0.123. The quantitative estimate of drug-likeness (QED) is 0.731. The van der Waals surface area contributed by atoms with E-state index in [0.717, 1.165) is 11.1 Å². The van der Waals surface area contributed by atoms with E-state index >= 15 is 0 Å². The highest BCUT2D eigenvalue weighted by atomic mass is 35.5. The van der Waals surface area contributed by atoms with E-state index in [0.29, 0.717) is 22.5 Å². The Labute approximate surface area is 149 Å². The second-order valence-electron chi connectivity index (χ2n) is 5.37. The lowest BCUT2D eigenvalue weighted by Gasteiger charge is -2.07. The molecule has 6 nitrogen and oxygen atoms in total. The molecule has 3 rings (SSSR count). The fourth-order valence-electron chi connectivity index (χ4n) is 2.08. The first-order valence-electron chi connectivity index (χ1n) is 7.65. The van der Waals surface area contributed by atoms with Crippen LogP contribution in [0.5, 0.6) is 5.75 Å². The number of benzene rings is 2. The first-order valence-corrected chi connectivity index (χ1v) is 8.03. The molecule has 0 aliphatic rings. The van der Waals surface area contributed by atoms with Gasteiger partial charge in [-0.15, -0.1) is 0 Å². The molecular formula is C18H16ClN3O3. The standard InChI is InChI=1S/C18H16ClN3O3/c1-12-6-8-13(9-7-12)18-21-17(25-22-18)10-20-16(23)11-24-15-5-3-2-4-14(15)19/h2-9H,10-11H2,1H3,(H,20,23). The highest BCUT2D eigenvalue weighted by Gasteiger charge is 2.10. The zero-order valence-corrected chi connectivity index (χ0v) is 14.3. The molecule has 0 atom stereocenters. The van der Waals surface area contributed by atoms with Crippen LogP contribution >= 0.6 is 11.6 Å². The minimum atomic E-state index is -0.310. The number of halogens is 1. The summed E-state index contributed by atoms with van der Waals surface area (Å²) in [5.74, 6) is 0.951. The normalized spacial score (nSPS) is 10.5. The third-order valence-corrected chi connectivity index (χ3v) is 3.72. The zero-order chi connectivity index (χ0) is 17.6. The number of nitrogens with one attached hydrogen (secondary N) is 1. The molecule has 0 spiro atoms. The van der Waals surface area contributed by atoms with Gasteiger partial charge in [0.2, 0.25) is 11.7 Å². The summed E-state index contributed by atoms with van der Waals surface area (Å²) >= 11 is 5.96. The second-order valence-corrected chi connectivity index (χ2v) is 5.78. The number of amides is 1. The first-order chi connectivity index (χ1) is 12.1. The largest absolute Gasteiger partial charge is 0.482 e. The lowest BCUT2D eigenvalue weighted by Crippen LogP contribution is -2.28. The van der Waals surface area contributed by atoms with Crippen LogP contribution in [0.2, 0.25) is 5.02 Å². The molecule has 0 radical (unpaired) electrons. The highest BCUT2D eigenvalue weighted by Crippen LogP contribution is 2.22. The number of aromatic nitrogens is 2. The summed E-state index contributed by atoms with van der Waals surface area (Å²) in [6.45, 7) is 1.98. The van der Waals surface area contributed by atoms with Gasteiger partial charge in [0.1, 0.15) is 5.75 Å². The molecule has 7 heteroatoms. The van der Waals surface area contributed by atoms with Gasteiger partial charge in [0.15, 0.2) is 6.61 Å². The van der Waals surface area contributed by atoms with Crippen LogP contribution in [0, 0.1) is 6.92 Å². The SMILES string of the molecule is Cc1ccc(-c2noc(CNC(=O)COc3ccccc3Cl)n2)cc1. The van der Waals surface area contributed by atoms with E-state index in [2.05, 4.69) is 15.5 Å². The van der Waals surface area contributed by atoms with Crippen molar-refractivity contribution in [3.63, 3.8) is 0 Å². The summed E-state index contributed by atoms with van der Waals surface area (Å²) in [6.07, 6.45) is 0. The lowest BCUT2D eigenvalue weighted by atomic mass is 10.1. The monoisotopic (exact) mass is 357 g/mol. The van der Waals surface area contributed by atoms with E-state index < -0.39 is 0 Å². The van der Waals surface area contributed by atoms with E-state index in [1.54, 1.807) is 24.3 Å². The second kappa shape index (κ2) is 7.81. The number of hydrogen-bond acceptors (Lipinski definition) is 5. The van der Waals surface area contributed by atoms with Gasteiger partial charge >= 0.3 is 0 Å². The van der Waals surface area contributed by atoms with E-state index in [4.69, 9.17) is 20.9 Å². The van der Waals surface area contributed by atoms with Crippen molar-refractivity contribution in [2.45, 2.75) is 13.5 Å². The van der Waals surface area contributed by atoms with Crippen LogP contribution in [0.4, 0.5) is 0 Å². The minimum absolute atomic E-state index is 0.129. The van der Waals surface area contributed by atoms with Crippen LogP contribution in [0.3, 0.4) is 0 Å². The van der Waals surface area contributed by atoms with Gasteiger partial charge in [-0.1, -0.05) is 58.7 Å². The Morgan fingerprint density at radius 3 is 2.72 bits per heavy atom. The van der Waals surface area contributed by atoms with Crippen molar-refractivity contribution in [1.29, 1.82) is 0 Å². The van der Waals surface area contributed by atoms with Crippen LogP contribution in [-0.2, 0) is 11.3 Å². The Kier molecular flexibility index (Phi) is 5.30. The van der Waals surface area contributed by atoms with Gasteiger partial charge in [-0.05, 0) is 19.1 Å². The fourth-order valence-corrected chi connectivity index (χ4v) is 2.27. The number of carbonyl (C=O) groups is 1. The molecule has 2 aromatic carbocycles. The van der Waals surface area contributed by atoms with E-state index in [1.165, 1.54) is 0 Å². The molecule has 0 saturated heterocycles.